The summed E-state index contributed by atoms with van der Waals surface area (Å²) in [6.45, 7) is 6.43. The average Bonchev–Trinajstić information content (AvgIpc) is 3.37. The largest absolute Gasteiger partial charge is 0.462 e. The number of ether oxygens (including phenoxy) is 3. The van der Waals surface area contributed by atoms with Crippen molar-refractivity contribution in [2.24, 2.45) is 0 Å². The Labute approximate surface area is 438 Å². The van der Waals surface area contributed by atoms with Crippen LogP contribution in [0.15, 0.2) is 97.2 Å². The van der Waals surface area contributed by atoms with E-state index in [1.165, 1.54) is 141 Å². The average molecular weight is 988 g/mol. The molecule has 0 aliphatic carbocycles. The smallest absolute Gasteiger partial charge is 0.306 e. The van der Waals surface area contributed by atoms with Crippen molar-refractivity contribution in [1.82, 2.24) is 0 Å². The summed E-state index contributed by atoms with van der Waals surface area (Å²) in [7, 11) is 0. The van der Waals surface area contributed by atoms with Crippen molar-refractivity contribution in [3.05, 3.63) is 97.2 Å². The third-order valence-electron chi connectivity index (χ3n) is 12.6. The monoisotopic (exact) mass is 987 g/mol. The molecule has 0 fully saturated rings. The van der Waals surface area contributed by atoms with Gasteiger partial charge in [-0.05, 0) is 96.3 Å². The van der Waals surface area contributed by atoms with E-state index in [-0.39, 0.29) is 37.5 Å². The fraction of sp³-hybridized carbons (Fsp3) is 0.708. The Balaban J connectivity index is 4.16. The normalized spacial score (nSPS) is 12.8. The summed E-state index contributed by atoms with van der Waals surface area (Å²) in [6, 6.07) is 0. The van der Waals surface area contributed by atoms with E-state index >= 15 is 0 Å². The molecule has 0 bridgehead atoms. The summed E-state index contributed by atoms with van der Waals surface area (Å²) in [6.07, 6.45) is 78.7. The van der Waals surface area contributed by atoms with Crippen LogP contribution in [-0.2, 0) is 28.6 Å². The number of carbonyl (C=O) groups is 3. The number of rotatable bonds is 53. The van der Waals surface area contributed by atoms with Crippen molar-refractivity contribution < 1.29 is 28.6 Å². The molecule has 0 N–H and O–H groups in total. The predicted molar refractivity (Wildman–Crippen MR) is 307 cm³/mol. The molecule has 0 spiro atoms. The van der Waals surface area contributed by atoms with Gasteiger partial charge in [0.25, 0.3) is 0 Å². The maximum Gasteiger partial charge on any atom is 0.306 e. The molecule has 0 aliphatic rings. The number of unbranched alkanes of at least 4 members (excludes halogenated alkanes) is 26. The molecule has 1 atom stereocenters. The molecule has 0 saturated carbocycles. The van der Waals surface area contributed by atoms with Gasteiger partial charge < -0.3 is 14.2 Å². The van der Waals surface area contributed by atoms with Crippen molar-refractivity contribution in [1.29, 1.82) is 0 Å². The second-order valence-electron chi connectivity index (χ2n) is 19.5. The molecular weight excluding hydrogens is 877 g/mol. The molecule has 1 unspecified atom stereocenters. The number of allylic oxidation sites excluding steroid dienone is 16. The fourth-order valence-corrected chi connectivity index (χ4v) is 8.13. The highest BCUT2D eigenvalue weighted by atomic mass is 16.6. The Morgan fingerprint density at radius 3 is 0.901 bits per heavy atom. The molecule has 0 aromatic carbocycles. The highest BCUT2D eigenvalue weighted by molar-refractivity contribution is 5.71. The molecule has 406 valence electrons. The van der Waals surface area contributed by atoms with Crippen LogP contribution < -0.4 is 0 Å². The molecular formula is C65H110O6. The van der Waals surface area contributed by atoms with Gasteiger partial charge in [0.2, 0.25) is 0 Å². The van der Waals surface area contributed by atoms with Gasteiger partial charge in [-0.2, -0.15) is 0 Å². The van der Waals surface area contributed by atoms with E-state index in [4.69, 9.17) is 14.2 Å². The van der Waals surface area contributed by atoms with Crippen LogP contribution in [0, 0.1) is 0 Å². The molecule has 0 aliphatic heterocycles. The van der Waals surface area contributed by atoms with Gasteiger partial charge >= 0.3 is 17.9 Å². The first-order chi connectivity index (χ1) is 35.0. The van der Waals surface area contributed by atoms with Gasteiger partial charge in [-0.1, -0.05) is 259 Å². The Hall–Kier alpha value is -3.67. The Morgan fingerprint density at radius 1 is 0.296 bits per heavy atom. The first-order valence-electron chi connectivity index (χ1n) is 29.7. The van der Waals surface area contributed by atoms with E-state index in [1.54, 1.807) is 0 Å². The van der Waals surface area contributed by atoms with Gasteiger partial charge in [0, 0.05) is 19.3 Å². The summed E-state index contributed by atoms with van der Waals surface area (Å²) in [5, 5.41) is 0. The van der Waals surface area contributed by atoms with Gasteiger partial charge in [-0.15, -0.1) is 0 Å². The minimum absolute atomic E-state index is 0.0993. The standard InChI is InChI=1S/C65H110O6/c1-4-7-10-13-16-18-20-22-24-26-27-28-29-30-31-32-33-34-35-36-37-39-40-42-44-46-49-52-55-58-64(67)70-61-62(60-69-63(66)57-54-51-48-15-12-9-6-3)71-65(68)59-56-53-50-47-45-43-41-38-25-23-21-19-17-14-11-8-5-2/h8,11,17,19-20,22-23,25-27,29-30,41,43,47,50,62H,4-7,9-10,12-16,18,21,24,28,31-40,42,44-46,48-49,51-61H2,1-3H3/b11-8-,19-17-,22-20-,25-23-,27-26-,30-29-,43-41-,50-47-. The van der Waals surface area contributed by atoms with E-state index in [1.807, 2.05) is 0 Å². The number of hydrogen-bond acceptors (Lipinski definition) is 6. The molecule has 0 rings (SSSR count). The molecule has 0 aromatic heterocycles. The Morgan fingerprint density at radius 2 is 0.563 bits per heavy atom. The SMILES string of the molecule is CC/C=C\C/C=C\C/C=C\C/C=C\C/C=C\CCCC(=O)OC(COC(=O)CCCCCCCCC)COC(=O)CCCCCCCCCCCCCCCC/C=C\C/C=C\C/C=C\CCCCCCC. The quantitative estimate of drug-likeness (QED) is 0.0261. The van der Waals surface area contributed by atoms with Gasteiger partial charge in [-0.25, -0.2) is 0 Å². The van der Waals surface area contributed by atoms with Crippen LogP contribution in [0.3, 0.4) is 0 Å². The van der Waals surface area contributed by atoms with Crippen LogP contribution in [-0.4, -0.2) is 37.2 Å². The summed E-state index contributed by atoms with van der Waals surface area (Å²) < 4.78 is 16.7. The molecule has 6 heteroatoms. The number of hydrogen-bond donors (Lipinski definition) is 0. The summed E-state index contributed by atoms with van der Waals surface area (Å²) >= 11 is 0. The topological polar surface area (TPSA) is 78.9 Å². The van der Waals surface area contributed by atoms with Crippen LogP contribution in [0.4, 0.5) is 0 Å². The zero-order valence-electron chi connectivity index (χ0n) is 46.5. The van der Waals surface area contributed by atoms with E-state index < -0.39 is 6.10 Å². The van der Waals surface area contributed by atoms with Gasteiger partial charge in [0.1, 0.15) is 13.2 Å². The van der Waals surface area contributed by atoms with Crippen LogP contribution in [0.5, 0.6) is 0 Å². The molecule has 6 nitrogen and oxygen atoms in total. The molecule has 71 heavy (non-hydrogen) atoms. The highest BCUT2D eigenvalue weighted by Crippen LogP contribution is 2.15. The van der Waals surface area contributed by atoms with Crippen molar-refractivity contribution >= 4 is 17.9 Å². The minimum Gasteiger partial charge on any atom is -0.462 e. The molecule has 0 radical (unpaired) electrons. The summed E-state index contributed by atoms with van der Waals surface area (Å²) in [4.78, 5) is 37.9. The number of esters is 3. The maximum absolute atomic E-state index is 12.8. The lowest BCUT2D eigenvalue weighted by atomic mass is 10.0. The van der Waals surface area contributed by atoms with Crippen LogP contribution >= 0.6 is 0 Å². The lowest BCUT2D eigenvalue weighted by Gasteiger charge is -2.18. The van der Waals surface area contributed by atoms with Crippen LogP contribution in [0.25, 0.3) is 0 Å². The van der Waals surface area contributed by atoms with E-state index in [0.29, 0.717) is 19.3 Å². The molecule has 0 heterocycles. The predicted octanol–water partition coefficient (Wildman–Crippen LogP) is 20.1. The Bertz CT molecular complexity index is 1410. The van der Waals surface area contributed by atoms with Gasteiger partial charge in [-0.3, -0.25) is 14.4 Å². The summed E-state index contributed by atoms with van der Waals surface area (Å²) in [5.74, 6) is -0.963. The Kier molecular flexibility index (Phi) is 55.9. The van der Waals surface area contributed by atoms with Crippen LogP contribution in [0.2, 0.25) is 0 Å². The van der Waals surface area contributed by atoms with E-state index in [2.05, 4.69) is 118 Å². The first kappa shape index (κ1) is 67.3. The molecule has 0 amide bonds. The molecule has 0 aromatic rings. The van der Waals surface area contributed by atoms with Gasteiger partial charge in [0.05, 0.1) is 0 Å². The van der Waals surface area contributed by atoms with Gasteiger partial charge in [0.15, 0.2) is 6.10 Å². The zero-order chi connectivity index (χ0) is 51.4. The van der Waals surface area contributed by atoms with Crippen molar-refractivity contribution in [3.63, 3.8) is 0 Å². The van der Waals surface area contributed by atoms with Crippen molar-refractivity contribution in [2.45, 2.75) is 284 Å². The second-order valence-corrected chi connectivity index (χ2v) is 19.5. The second kappa shape index (κ2) is 58.9. The lowest BCUT2D eigenvalue weighted by molar-refractivity contribution is -0.167. The van der Waals surface area contributed by atoms with E-state index in [9.17, 15) is 14.4 Å². The number of carbonyl (C=O) groups excluding carboxylic acids is 3. The zero-order valence-corrected chi connectivity index (χ0v) is 46.5. The van der Waals surface area contributed by atoms with Crippen LogP contribution in [0.1, 0.15) is 278 Å². The van der Waals surface area contributed by atoms with Crippen molar-refractivity contribution in [2.75, 3.05) is 13.2 Å². The minimum atomic E-state index is -0.805. The third-order valence-corrected chi connectivity index (χ3v) is 12.6. The summed E-state index contributed by atoms with van der Waals surface area (Å²) in [5.41, 5.74) is 0. The first-order valence-corrected chi connectivity index (χ1v) is 29.7. The van der Waals surface area contributed by atoms with Crippen molar-refractivity contribution in [3.8, 4) is 0 Å². The highest BCUT2D eigenvalue weighted by Gasteiger charge is 2.19. The lowest BCUT2D eigenvalue weighted by Crippen LogP contribution is -2.30. The van der Waals surface area contributed by atoms with E-state index in [0.717, 1.165) is 89.9 Å². The third kappa shape index (κ3) is 57.1. The maximum atomic E-state index is 12.8. The fourth-order valence-electron chi connectivity index (χ4n) is 8.13. The molecule has 0 saturated heterocycles.